The molecule has 4 nitrogen and oxygen atoms in total. The molecule has 0 N–H and O–H groups in total. The lowest BCUT2D eigenvalue weighted by Gasteiger charge is -2.20. The van der Waals surface area contributed by atoms with Gasteiger partial charge in [-0.15, -0.1) is 0 Å². The number of fused-ring (bicyclic) bond motifs is 1. The van der Waals surface area contributed by atoms with Gasteiger partial charge in [-0.2, -0.15) is 0 Å². The first-order valence-electron chi connectivity index (χ1n) is 8.86. The van der Waals surface area contributed by atoms with Gasteiger partial charge >= 0.3 is 0 Å². The normalized spacial score (nSPS) is 11.0. The van der Waals surface area contributed by atoms with E-state index in [-0.39, 0.29) is 18.3 Å². The zero-order valence-electron chi connectivity index (χ0n) is 15.5. The van der Waals surface area contributed by atoms with Crippen molar-refractivity contribution >= 4 is 32.6 Å². The van der Waals surface area contributed by atoms with Crippen molar-refractivity contribution in [2.45, 2.75) is 20.4 Å². The molecule has 2 aromatic carbocycles. The van der Waals surface area contributed by atoms with E-state index in [9.17, 15) is 9.18 Å². The Kier molecular flexibility index (Phi) is 4.88. The molecule has 0 atom stereocenters. The molecule has 1 amide bonds. The standard InChI is InChI=1S/C22H18FN3OS/c1-14-6-7-16(11-15(14)2)21(27)26(13-18-5-3-4-10-24-18)22-25-19-9-8-17(23)12-20(19)28-22/h3-12H,13H2,1-2H3. The molecule has 28 heavy (non-hydrogen) atoms. The highest BCUT2D eigenvalue weighted by Gasteiger charge is 2.22. The van der Waals surface area contributed by atoms with Crippen molar-refractivity contribution in [3.8, 4) is 0 Å². The molecule has 0 aliphatic heterocycles. The molecule has 0 aliphatic rings. The number of pyridine rings is 1. The van der Waals surface area contributed by atoms with Gasteiger partial charge in [-0.3, -0.25) is 14.7 Å². The van der Waals surface area contributed by atoms with Crippen LogP contribution < -0.4 is 4.90 Å². The quantitative estimate of drug-likeness (QED) is 0.475. The third kappa shape index (κ3) is 3.64. The summed E-state index contributed by atoms with van der Waals surface area (Å²) in [6.07, 6.45) is 1.70. The van der Waals surface area contributed by atoms with Crippen LogP contribution in [-0.4, -0.2) is 15.9 Å². The number of thiazole rings is 1. The van der Waals surface area contributed by atoms with Crippen molar-refractivity contribution in [3.05, 3.63) is 89.0 Å². The predicted octanol–water partition coefficient (Wildman–Crippen LogP) is 5.29. The lowest BCUT2D eigenvalue weighted by Crippen LogP contribution is -2.30. The summed E-state index contributed by atoms with van der Waals surface area (Å²) in [7, 11) is 0. The molecule has 0 saturated heterocycles. The van der Waals surface area contributed by atoms with Gasteiger partial charge in [0.15, 0.2) is 5.13 Å². The summed E-state index contributed by atoms with van der Waals surface area (Å²) in [6, 6.07) is 15.7. The number of aryl methyl sites for hydroxylation is 2. The molecule has 0 saturated carbocycles. The van der Waals surface area contributed by atoms with Crippen LogP contribution in [0, 0.1) is 19.7 Å². The van der Waals surface area contributed by atoms with E-state index in [0.717, 1.165) is 16.8 Å². The Morgan fingerprint density at radius 2 is 1.93 bits per heavy atom. The largest absolute Gasteiger partial charge is 0.278 e. The van der Waals surface area contributed by atoms with Crippen molar-refractivity contribution < 1.29 is 9.18 Å². The third-order valence-corrected chi connectivity index (χ3v) is 5.66. The van der Waals surface area contributed by atoms with E-state index >= 15 is 0 Å². The molecular weight excluding hydrogens is 373 g/mol. The summed E-state index contributed by atoms with van der Waals surface area (Å²) in [4.78, 5) is 23.9. The van der Waals surface area contributed by atoms with Gasteiger partial charge in [0, 0.05) is 11.8 Å². The molecule has 6 heteroatoms. The minimum Gasteiger partial charge on any atom is -0.278 e. The summed E-state index contributed by atoms with van der Waals surface area (Å²) in [5.41, 5.74) is 4.19. The van der Waals surface area contributed by atoms with Crippen molar-refractivity contribution in [1.82, 2.24) is 9.97 Å². The van der Waals surface area contributed by atoms with E-state index in [1.165, 1.54) is 23.5 Å². The van der Waals surface area contributed by atoms with E-state index in [0.29, 0.717) is 20.9 Å². The van der Waals surface area contributed by atoms with Crippen LogP contribution in [0.15, 0.2) is 60.8 Å². The number of carbonyl (C=O) groups is 1. The Labute approximate surface area is 166 Å². The summed E-state index contributed by atoms with van der Waals surface area (Å²) in [5.74, 6) is -0.479. The average molecular weight is 391 g/mol. The average Bonchev–Trinajstić information content (AvgIpc) is 3.11. The monoisotopic (exact) mass is 391 g/mol. The van der Waals surface area contributed by atoms with Crippen LogP contribution >= 0.6 is 11.3 Å². The maximum Gasteiger partial charge on any atom is 0.260 e. The Balaban J connectivity index is 1.78. The number of nitrogens with zero attached hydrogens (tertiary/aromatic N) is 3. The summed E-state index contributed by atoms with van der Waals surface area (Å²) in [5, 5.41) is 0.523. The predicted molar refractivity (Wildman–Crippen MR) is 110 cm³/mol. The Bertz CT molecular complexity index is 1160. The van der Waals surface area contributed by atoms with Gasteiger partial charge in [0.1, 0.15) is 5.82 Å². The molecule has 0 bridgehead atoms. The molecule has 0 aliphatic carbocycles. The highest BCUT2D eigenvalue weighted by Crippen LogP contribution is 2.31. The maximum atomic E-state index is 13.6. The number of benzene rings is 2. The van der Waals surface area contributed by atoms with E-state index in [2.05, 4.69) is 9.97 Å². The summed E-state index contributed by atoms with van der Waals surface area (Å²) in [6.45, 7) is 4.28. The van der Waals surface area contributed by atoms with Crippen molar-refractivity contribution in [3.63, 3.8) is 0 Å². The summed E-state index contributed by atoms with van der Waals surface area (Å²) < 4.78 is 14.3. The van der Waals surface area contributed by atoms with Crippen LogP contribution in [0.25, 0.3) is 10.2 Å². The third-order valence-electron chi connectivity index (χ3n) is 4.62. The number of aromatic nitrogens is 2. The number of hydrogen-bond acceptors (Lipinski definition) is 4. The van der Waals surface area contributed by atoms with Crippen LogP contribution in [-0.2, 0) is 6.54 Å². The van der Waals surface area contributed by atoms with Gasteiger partial charge in [-0.25, -0.2) is 9.37 Å². The van der Waals surface area contributed by atoms with Crippen LogP contribution in [0.2, 0.25) is 0 Å². The molecule has 4 rings (SSSR count). The van der Waals surface area contributed by atoms with Crippen LogP contribution in [0.5, 0.6) is 0 Å². The number of amides is 1. The molecule has 0 radical (unpaired) electrons. The first-order valence-corrected chi connectivity index (χ1v) is 9.68. The van der Waals surface area contributed by atoms with E-state index in [4.69, 9.17) is 0 Å². The van der Waals surface area contributed by atoms with E-state index < -0.39 is 0 Å². The van der Waals surface area contributed by atoms with Crippen LogP contribution in [0.3, 0.4) is 0 Å². The second-order valence-electron chi connectivity index (χ2n) is 6.62. The fourth-order valence-electron chi connectivity index (χ4n) is 2.91. The van der Waals surface area contributed by atoms with Gasteiger partial charge < -0.3 is 0 Å². The van der Waals surface area contributed by atoms with Crippen molar-refractivity contribution in [1.29, 1.82) is 0 Å². The minimum atomic E-state index is -0.320. The zero-order valence-corrected chi connectivity index (χ0v) is 16.3. The molecule has 140 valence electrons. The second-order valence-corrected chi connectivity index (χ2v) is 7.63. The lowest BCUT2D eigenvalue weighted by atomic mass is 10.1. The molecule has 2 heterocycles. The Morgan fingerprint density at radius 3 is 2.68 bits per heavy atom. The number of carbonyl (C=O) groups excluding carboxylic acids is 1. The highest BCUT2D eigenvalue weighted by atomic mass is 32.1. The molecule has 0 fully saturated rings. The first kappa shape index (κ1) is 18.3. The van der Waals surface area contributed by atoms with Crippen molar-refractivity contribution in [2.75, 3.05) is 4.90 Å². The smallest absolute Gasteiger partial charge is 0.260 e. The fourth-order valence-corrected chi connectivity index (χ4v) is 3.90. The maximum absolute atomic E-state index is 13.6. The molecule has 0 spiro atoms. The van der Waals surface area contributed by atoms with Crippen molar-refractivity contribution in [2.24, 2.45) is 0 Å². The Hall–Kier alpha value is -3.12. The van der Waals surface area contributed by atoms with Gasteiger partial charge in [0.2, 0.25) is 0 Å². The minimum absolute atomic E-state index is 0.159. The number of rotatable bonds is 4. The number of hydrogen-bond donors (Lipinski definition) is 0. The van der Waals surface area contributed by atoms with Gasteiger partial charge in [-0.1, -0.05) is 23.5 Å². The van der Waals surface area contributed by atoms with E-state index in [1.54, 1.807) is 17.2 Å². The Morgan fingerprint density at radius 1 is 1.07 bits per heavy atom. The molecule has 4 aromatic rings. The topological polar surface area (TPSA) is 46.1 Å². The highest BCUT2D eigenvalue weighted by molar-refractivity contribution is 7.22. The van der Waals surface area contributed by atoms with Gasteiger partial charge in [0.25, 0.3) is 5.91 Å². The lowest BCUT2D eigenvalue weighted by molar-refractivity contribution is 0.0984. The number of anilines is 1. The molecular formula is C22H18FN3OS. The molecule has 2 aromatic heterocycles. The van der Waals surface area contributed by atoms with Gasteiger partial charge in [-0.05, 0) is 67.4 Å². The number of halogens is 1. The second kappa shape index (κ2) is 7.48. The van der Waals surface area contributed by atoms with Crippen LogP contribution in [0.1, 0.15) is 27.2 Å². The van der Waals surface area contributed by atoms with Gasteiger partial charge in [0.05, 0.1) is 22.5 Å². The SMILES string of the molecule is Cc1ccc(C(=O)N(Cc2ccccn2)c2nc3ccc(F)cc3s2)cc1C. The molecule has 0 unspecified atom stereocenters. The van der Waals surface area contributed by atoms with Crippen LogP contribution in [0.4, 0.5) is 9.52 Å². The first-order chi connectivity index (χ1) is 13.5. The summed E-state index contributed by atoms with van der Waals surface area (Å²) >= 11 is 1.30. The zero-order chi connectivity index (χ0) is 19.7. The fraction of sp³-hybridized carbons (Fsp3) is 0.136. The van der Waals surface area contributed by atoms with E-state index in [1.807, 2.05) is 50.2 Å².